The van der Waals surface area contributed by atoms with Crippen LogP contribution in [0, 0.1) is 12.8 Å². The maximum atomic E-state index is 9.79. The molecule has 4 heteroatoms. The van der Waals surface area contributed by atoms with E-state index in [0.29, 0.717) is 5.92 Å². The summed E-state index contributed by atoms with van der Waals surface area (Å²) in [4.78, 5) is 11.7. The summed E-state index contributed by atoms with van der Waals surface area (Å²) in [5.74, 6) is 1.26. The summed E-state index contributed by atoms with van der Waals surface area (Å²) in [7, 11) is 0. The highest BCUT2D eigenvalue weighted by Gasteiger charge is 2.24. The van der Waals surface area contributed by atoms with Crippen molar-refractivity contribution in [3.63, 3.8) is 0 Å². The number of fused-ring (bicyclic) bond motifs is 1. The minimum atomic E-state index is -0.230. The third-order valence-electron chi connectivity index (χ3n) is 4.43. The Morgan fingerprint density at radius 3 is 2.95 bits per heavy atom. The quantitative estimate of drug-likeness (QED) is 0.941. The highest BCUT2D eigenvalue weighted by molar-refractivity contribution is 5.80. The molecule has 112 valence electrons. The largest absolute Gasteiger partial charge is 0.393 e. The van der Waals surface area contributed by atoms with E-state index in [0.717, 1.165) is 54.9 Å². The number of para-hydroxylation sites is 1. The van der Waals surface area contributed by atoms with E-state index >= 15 is 0 Å². The summed E-state index contributed by atoms with van der Waals surface area (Å²) in [5.41, 5.74) is 2.06. The van der Waals surface area contributed by atoms with E-state index in [1.165, 1.54) is 0 Å². The summed E-state index contributed by atoms with van der Waals surface area (Å²) in [6.45, 7) is 6.72. The van der Waals surface area contributed by atoms with E-state index in [-0.39, 0.29) is 6.10 Å². The average Bonchev–Trinajstić information content (AvgIpc) is 2.47. The van der Waals surface area contributed by atoms with Gasteiger partial charge in [-0.1, -0.05) is 18.2 Å². The van der Waals surface area contributed by atoms with Crippen LogP contribution in [0.4, 0.5) is 0 Å². The van der Waals surface area contributed by atoms with Crippen LogP contribution in [-0.4, -0.2) is 39.2 Å². The number of aliphatic hydroxyl groups excluding tert-OH is 1. The molecule has 2 aromatic rings. The first-order valence-electron chi connectivity index (χ1n) is 7.76. The number of hydrogen-bond acceptors (Lipinski definition) is 4. The normalized spacial score (nSPS) is 21.6. The lowest BCUT2D eigenvalue weighted by Gasteiger charge is -2.33. The number of aryl methyl sites for hydroxylation is 1. The number of nitrogens with zero attached hydrogens (tertiary/aromatic N) is 3. The molecule has 2 atom stereocenters. The van der Waals surface area contributed by atoms with Gasteiger partial charge in [-0.3, -0.25) is 4.90 Å². The number of piperidine rings is 1. The third-order valence-corrected chi connectivity index (χ3v) is 4.43. The number of rotatable bonds is 3. The van der Waals surface area contributed by atoms with Gasteiger partial charge in [0.05, 0.1) is 18.2 Å². The van der Waals surface area contributed by atoms with Gasteiger partial charge in [-0.25, -0.2) is 9.97 Å². The summed E-state index contributed by atoms with van der Waals surface area (Å²) >= 11 is 0. The van der Waals surface area contributed by atoms with Crippen molar-refractivity contribution in [2.24, 2.45) is 5.92 Å². The van der Waals surface area contributed by atoms with E-state index in [9.17, 15) is 5.11 Å². The van der Waals surface area contributed by atoms with Crippen LogP contribution in [0.3, 0.4) is 0 Å². The maximum absolute atomic E-state index is 9.79. The summed E-state index contributed by atoms with van der Waals surface area (Å²) in [6.07, 6.45) is 2.03. The smallest absolute Gasteiger partial charge is 0.143 e. The lowest BCUT2D eigenvalue weighted by molar-refractivity contribution is 0.0589. The molecule has 1 aliphatic heterocycles. The molecule has 1 N–H and O–H groups in total. The average molecular weight is 285 g/mol. The number of likely N-dealkylation sites (tertiary alicyclic amines) is 1. The molecule has 0 aliphatic carbocycles. The Labute approximate surface area is 125 Å². The zero-order valence-electron chi connectivity index (χ0n) is 12.8. The van der Waals surface area contributed by atoms with Gasteiger partial charge in [-0.2, -0.15) is 0 Å². The van der Waals surface area contributed by atoms with Gasteiger partial charge in [0.1, 0.15) is 5.82 Å². The predicted molar refractivity (Wildman–Crippen MR) is 84.0 cm³/mol. The van der Waals surface area contributed by atoms with E-state index in [4.69, 9.17) is 0 Å². The van der Waals surface area contributed by atoms with Crippen LogP contribution in [0.2, 0.25) is 0 Å². The molecule has 1 aromatic heterocycles. The number of hydrogen-bond donors (Lipinski definition) is 1. The van der Waals surface area contributed by atoms with Crippen molar-refractivity contribution < 1.29 is 5.11 Å². The summed E-state index contributed by atoms with van der Waals surface area (Å²) in [6, 6.07) is 8.15. The van der Waals surface area contributed by atoms with Gasteiger partial charge < -0.3 is 5.11 Å². The van der Waals surface area contributed by atoms with E-state index in [1.807, 2.05) is 32.0 Å². The van der Waals surface area contributed by atoms with E-state index in [2.05, 4.69) is 20.9 Å². The van der Waals surface area contributed by atoms with Gasteiger partial charge in [-0.15, -0.1) is 0 Å². The van der Waals surface area contributed by atoms with Gasteiger partial charge in [0.2, 0.25) is 0 Å². The van der Waals surface area contributed by atoms with Crippen LogP contribution in [-0.2, 0) is 6.54 Å². The molecule has 0 saturated carbocycles. The van der Waals surface area contributed by atoms with Crippen LogP contribution in [0.15, 0.2) is 24.3 Å². The minimum absolute atomic E-state index is 0.230. The van der Waals surface area contributed by atoms with Crippen LogP contribution in [0.1, 0.15) is 31.3 Å². The van der Waals surface area contributed by atoms with Crippen molar-refractivity contribution in [3.05, 3.63) is 35.8 Å². The Kier molecular flexibility index (Phi) is 4.17. The molecular formula is C17H23N3O. The van der Waals surface area contributed by atoms with Gasteiger partial charge in [0.25, 0.3) is 0 Å². The zero-order chi connectivity index (χ0) is 14.8. The molecule has 1 aromatic carbocycles. The van der Waals surface area contributed by atoms with Gasteiger partial charge in [0, 0.05) is 17.6 Å². The second-order valence-electron chi connectivity index (χ2n) is 6.12. The molecule has 0 radical (unpaired) electrons. The molecule has 1 fully saturated rings. The van der Waals surface area contributed by atoms with Gasteiger partial charge in [-0.05, 0) is 45.2 Å². The first-order valence-corrected chi connectivity index (χ1v) is 7.76. The second kappa shape index (κ2) is 6.08. The molecule has 1 aliphatic rings. The predicted octanol–water partition coefficient (Wildman–Crippen LogP) is 2.53. The molecule has 4 nitrogen and oxygen atoms in total. The van der Waals surface area contributed by atoms with Crippen molar-refractivity contribution in [1.29, 1.82) is 0 Å². The lowest BCUT2D eigenvalue weighted by Crippen LogP contribution is -2.39. The Morgan fingerprint density at radius 1 is 1.33 bits per heavy atom. The highest BCUT2D eigenvalue weighted by Crippen LogP contribution is 2.21. The van der Waals surface area contributed by atoms with Crippen LogP contribution < -0.4 is 0 Å². The summed E-state index contributed by atoms with van der Waals surface area (Å²) < 4.78 is 0. The Bertz CT molecular complexity index is 626. The monoisotopic (exact) mass is 285 g/mol. The Morgan fingerprint density at radius 2 is 2.14 bits per heavy atom. The van der Waals surface area contributed by atoms with Crippen molar-refractivity contribution >= 4 is 10.9 Å². The van der Waals surface area contributed by atoms with E-state index in [1.54, 1.807) is 0 Å². The second-order valence-corrected chi connectivity index (χ2v) is 6.12. The van der Waals surface area contributed by atoms with E-state index < -0.39 is 0 Å². The van der Waals surface area contributed by atoms with Crippen molar-refractivity contribution in [3.8, 4) is 0 Å². The fourth-order valence-electron chi connectivity index (χ4n) is 3.19. The van der Waals surface area contributed by atoms with Gasteiger partial charge >= 0.3 is 0 Å². The molecule has 0 bridgehead atoms. The molecule has 2 unspecified atom stereocenters. The highest BCUT2D eigenvalue weighted by atomic mass is 16.3. The summed E-state index contributed by atoms with van der Waals surface area (Å²) in [5, 5.41) is 10.9. The number of aliphatic hydroxyl groups is 1. The number of aromatic nitrogens is 2. The standard InChI is InChI=1S/C17H23N3O/c1-12-15-7-3-4-8-16(15)19-17(18-12)11-20-9-5-6-14(10-20)13(2)21/h3-4,7-8,13-14,21H,5-6,9-11H2,1-2H3. The Balaban J connectivity index is 1.78. The van der Waals surface area contributed by atoms with Crippen molar-refractivity contribution in [2.75, 3.05) is 13.1 Å². The zero-order valence-corrected chi connectivity index (χ0v) is 12.8. The lowest BCUT2D eigenvalue weighted by atomic mass is 9.93. The maximum Gasteiger partial charge on any atom is 0.143 e. The molecule has 21 heavy (non-hydrogen) atoms. The van der Waals surface area contributed by atoms with Crippen LogP contribution in [0.5, 0.6) is 0 Å². The molecule has 2 heterocycles. The number of benzene rings is 1. The first kappa shape index (κ1) is 14.4. The van der Waals surface area contributed by atoms with Crippen molar-refractivity contribution in [1.82, 2.24) is 14.9 Å². The fourth-order valence-corrected chi connectivity index (χ4v) is 3.19. The van der Waals surface area contributed by atoms with Crippen molar-refractivity contribution in [2.45, 2.75) is 39.3 Å². The topological polar surface area (TPSA) is 49.2 Å². The molecule has 0 amide bonds. The first-order chi connectivity index (χ1) is 10.1. The van der Waals surface area contributed by atoms with Crippen LogP contribution >= 0.6 is 0 Å². The minimum Gasteiger partial charge on any atom is -0.393 e. The SMILES string of the molecule is Cc1nc(CN2CCCC(C(C)O)C2)nc2ccccc12. The third kappa shape index (κ3) is 3.22. The molecule has 1 saturated heterocycles. The Hall–Kier alpha value is -1.52. The fraction of sp³-hybridized carbons (Fsp3) is 0.529. The molecule has 3 rings (SSSR count). The van der Waals surface area contributed by atoms with Gasteiger partial charge in [0.15, 0.2) is 0 Å². The van der Waals surface area contributed by atoms with Crippen LogP contribution in [0.25, 0.3) is 10.9 Å². The molecule has 0 spiro atoms. The molecular weight excluding hydrogens is 262 g/mol.